The van der Waals surface area contributed by atoms with Gasteiger partial charge in [0.1, 0.15) is 22.9 Å². The first kappa shape index (κ1) is 37.9. The predicted octanol–water partition coefficient (Wildman–Crippen LogP) is 13.6. The Morgan fingerprint density at radius 2 is 1.16 bits per heavy atom. The summed E-state index contributed by atoms with van der Waals surface area (Å²) < 4.78 is 2.30. The summed E-state index contributed by atoms with van der Waals surface area (Å²) in [6.45, 7) is 4.36. The summed E-state index contributed by atoms with van der Waals surface area (Å²) in [6, 6.07) is 75.0. The second-order valence-electron chi connectivity index (χ2n) is 16.0. The van der Waals surface area contributed by atoms with E-state index in [0.717, 1.165) is 67.1 Å². The number of pyridine rings is 1. The number of aryl methyl sites for hydroxylation is 2. The van der Waals surface area contributed by atoms with Crippen LogP contribution < -0.4 is 10.1 Å². The third kappa shape index (κ3) is 5.59. The van der Waals surface area contributed by atoms with E-state index in [0.29, 0.717) is 0 Å². The normalized spacial score (nSPS) is 13.5. The van der Waals surface area contributed by atoms with Gasteiger partial charge in [-0.15, -0.1) is 33.7 Å². The molecule has 300 valence electrons. The van der Waals surface area contributed by atoms with E-state index >= 15 is 0 Å². The van der Waals surface area contributed by atoms with E-state index in [2.05, 4.69) is 200 Å². The second kappa shape index (κ2) is 14.8. The summed E-state index contributed by atoms with van der Waals surface area (Å²) >= 11 is 0. The van der Waals surface area contributed by atoms with E-state index in [9.17, 15) is 0 Å². The molecule has 0 saturated carbocycles. The smallest absolute Gasteiger partial charge is 0.148 e. The number of rotatable bonds is 6. The zero-order chi connectivity index (χ0) is 40.7. The first-order valence-electron chi connectivity index (χ1n) is 20.8. The van der Waals surface area contributed by atoms with Crippen molar-refractivity contribution in [3.63, 3.8) is 0 Å². The van der Waals surface area contributed by atoms with E-state index in [1.807, 2.05) is 34.5 Å². The molecule has 0 bridgehead atoms. The average Bonchev–Trinajstić information content (AvgIpc) is 3.96. The first-order chi connectivity index (χ1) is 30.1. The molecule has 0 unspecified atom stereocenters. The van der Waals surface area contributed by atoms with Gasteiger partial charge < -0.3 is 4.57 Å². The summed E-state index contributed by atoms with van der Waals surface area (Å²) in [5.74, 6) is 0.854. The SMILES string of the molecule is Cc1cccc(C)c1-c1ccnc(-n2c3[c-]c(C4(c5[c-]c(N6[OH+]N(c7ccccc7)c7ccccc76)ccc5)c5ccccc5-c5ccccc54)ccc3c3ccccc32)c1.[Pt]. The third-order valence-electron chi connectivity index (χ3n) is 12.6. The molecule has 0 saturated heterocycles. The molecule has 2 aliphatic rings. The van der Waals surface area contributed by atoms with Crippen LogP contribution in [0, 0.1) is 26.0 Å². The quantitative estimate of drug-likeness (QED) is 0.123. The molecule has 2 aromatic heterocycles. The number of benzene rings is 8. The van der Waals surface area contributed by atoms with Gasteiger partial charge in [-0.25, -0.2) is 4.98 Å². The molecule has 3 heterocycles. The molecule has 8 aromatic carbocycles. The van der Waals surface area contributed by atoms with Gasteiger partial charge in [0, 0.05) is 43.9 Å². The standard InChI is InChI=1S/C56H38N4O.Pt/c1-37-16-14-17-38(2)55(37)39-32-33-57-54(34-39)58-50-27-11-8-24-46(50)47-31-30-41(36-53(47)58)56(48-25-9-6-22-44(48)45-23-7-10-26-49(45)56)40-18-15-21-43(35-40)60-52-29-13-12-28-51(52)59(61-60)42-19-4-3-5-20-42;/h3-34H,1-2H3;/q-2;/p+1. The maximum Gasteiger partial charge on any atom is 0.148 e. The van der Waals surface area contributed by atoms with Crippen molar-refractivity contribution in [3.05, 3.63) is 240 Å². The fourth-order valence-corrected chi connectivity index (χ4v) is 10.0. The van der Waals surface area contributed by atoms with Gasteiger partial charge in [-0.3, -0.25) is 0 Å². The maximum absolute atomic E-state index is 5.22. The number of para-hydroxylation sites is 4. The van der Waals surface area contributed by atoms with Crippen molar-refractivity contribution in [2.45, 2.75) is 19.3 Å². The largest absolute Gasteiger partial charge is 0.319 e. The Labute approximate surface area is 375 Å². The molecular formula is C56H39N4OPt-. The van der Waals surface area contributed by atoms with Gasteiger partial charge in [-0.05, 0) is 106 Å². The van der Waals surface area contributed by atoms with Crippen LogP contribution >= 0.6 is 0 Å². The summed E-state index contributed by atoms with van der Waals surface area (Å²) in [5.41, 5.74) is 16.9. The molecule has 0 radical (unpaired) electrons. The summed E-state index contributed by atoms with van der Waals surface area (Å²) in [5, 5.41) is 6.31. The molecule has 0 atom stereocenters. The van der Waals surface area contributed by atoms with Crippen LogP contribution in [-0.2, 0) is 26.5 Å². The van der Waals surface area contributed by atoms with E-state index in [-0.39, 0.29) is 21.1 Å². The van der Waals surface area contributed by atoms with Crippen LogP contribution in [0.15, 0.2) is 194 Å². The molecule has 5 nitrogen and oxygen atoms in total. The van der Waals surface area contributed by atoms with Crippen molar-refractivity contribution < 1.29 is 26.0 Å². The summed E-state index contributed by atoms with van der Waals surface area (Å²) in [4.78, 5) is 10.3. The van der Waals surface area contributed by atoms with Gasteiger partial charge in [-0.2, -0.15) is 35.3 Å². The minimum Gasteiger partial charge on any atom is -0.319 e. The predicted molar refractivity (Wildman–Crippen MR) is 247 cm³/mol. The first-order valence-corrected chi connectivity index (χ1v) is 20.8. The molecule has 10 aromatic rings. The van der Waals surface area contributed by atoms with Crippen molar-refractivity contribution in [2.75, 3.05) is 10.1 Å². The number of fused-ring (bicyclic) bond motifs is 7. The number of hydrogen-bond donors (Lipinski definition) is 0. The fourth-order valence-electron chi connectivity index (χ4n) is 10.0. The molecule has 12 rings (SSSR count). The zero-order valence-electron chi connectivity index (χ0n) is 34.0. The number of aromatic nitrogens is 2. The molecule has 1 aliphatic heterocycles. The maximum atomic E-state index is 5.22. The Hall–Kier alpha value is -7.04. The second-order valence-corrected chi connectivity index (χ2v) is 16.0. The van der Waals surface area contributed by atoms with E-state index in [1.54, 1.807) is 0 Å². The van der Waals surface area contributed by atoms with Crippen molar-refractivity contribution in [2.24, 2.45) is 0 Å². The van der Waals surface area contributed by atoms with Crippen LogP contribution in [0.4, 0.5) is 22.7 Å². The Morgan fingerprint density at radius 3 is 1.92 bits per heavy atom. The van der Waals surface area contributed by atoms with Crippen LogP contribution in [0.1, 0.15) is 33.4 Å². The zero-order valence-corrected chi connectivity index (χ0v) is 36.3. The Morgan fingerprint density at radius 1 is 0.532 bits per heavy atom. The fraction of sp³-hybridized carbons (Fsp3) is 0.0536. The molecule has 0 amide bonds. The Bertz CT molecular complexity index is 3290. The van der Waals surface area contributed by atoms with Crippen molar-refractivity contribution in [1.29, 1.82) is 0 Å². The van der Waals surface area contributed by atoms with E-state index < -0.39 is 5.41 Å². The minimum atomic E-state index is -0.759. The van der Waals surface area contributed by atoms with Gasteiger partial charge >= 0.3 is 0 Å². The monoisotopic (exact) mass is 978 g/mol. The van der Waals surface area contributed by atoms with Crippen LogP contribution in [-0.4, -0.2) is 14.5 Å². The molecule has 0 fully saturated rings. The molecule has 62 heavy (non-hydrogen) atoms. The topological polar surface area (TPSA) is 37.1 Å². The van der Waals surface area contributed by atoms with Crippen molar-refractivity contribution in [1.82, 2.24) is 9.55 Å². The van der Waals surface area contributed by atoms with Gasteiger partial charge in [0.25, 0.3) is 0 Å². The van der Waals surface area contributed by atoms with Crippen LogP contribution in [0.5, 0.6) is 0 Å². The van der Waals surface area contributed by atoms with E-state index in [4.69, 9.17) is 9.92 Å². The van der Waals surface area contributed by atoms with Crippen LogP contribution in [0.25, 0.3) is 49.9 Å². The molecule has 1 aliphatic carbocycles. The van der Waals surface area contributed by atoms with Crippen LogP contribution in [0.2, 0.25) is 0 Å². The Balaban J connectivity index is 0.00000432. The van der Waals surface area contributed by atoms with Gasteiger partial charge in [-0.1, -0.05) is 126 Å². The molecular weight excluding hydrogens is 940 g/mol. The average molecular weight is 979 g/mol. The van der Waals surface area contributed by atoms with Gasteiger partial charge in [0.2, 0.25) is 0 Å². The van der Waals surface area contributed by atoms with Crippen molar-refractivity contribution >= 4 is 44.6 Å². The summed E-state index contributed by atoms with van der Waals surface area (Å²) in [7, 11) is 0. The third-order valence-corrected chi connectivity index (χ3v) is 12.6. The number of anilines is 4. The molecule has 0 spiro atoms. The van der Waals surface area contributed by atoms with Crippen molar-refractivity contribution in [3.8, 4) is 28.1 Å². The van der Waals surface area contributed by atoms with Crippen LogP contribution in [0.3, 0.4) is 0 Å². The van der Waals surface area contributed by atoms with Gasteiger partial charge in [0.15, 0.2) is 0 Å². The minimum absolute atomic E-state index is 0. The molecule has 1 N–H and O–H groups in total. The van der Waals surface area contributed by atoms with Gasteiger partial charge in [0.05, 0.1) is 0 Å². The number of hydrogen-bond acceptors (Lipinski definition) is 3. The summed E-state index contributed by atoms with van der Waals surface area (Å²) in [6.07, 6.45) is 1.94. The molecule has 6 heteroatoms. The Kier molecular flexibility index (Phi) is 9.08. The van der Waals surface area contributed by atoms with E-state index in [1.165, 1.54) is 38.9 Å². The number of nitrogens with zero attached hydrogens (tertiary/aromatic N) is 4.